The predicted molar refractivity (Wildman–Crippen MR) is 69.5 cm³/mol. The van der Waals surface area contributed by atoms with Gasteiger partial charge in [-0.1, -0.05) is 17.7 Å². The quantitative estimate of drug-likeness (QED) is 0.717. The van der Waals surface area contributed by atoms with Crippen molar-refractivity contribution in [1.29, 1.82) is 0 Å². The van der Waals surface area contributed by atoms with Crippen LogP contribution in [0.25, 0.3) is 0 Å². The number of halogens is 2. The molecule has 1 aromatic carbocycles. The third-order valence-corrected chi connectivity index (χ3v) is 2.08. The first-order valence-corrected chi connectivity index (χ1v) is 4.27. The van der Waals surface area contributed by atoms with E-state index in [2.05, 4.69) is 51.9 Å². The molecule has 15 heavy (non-hydrogen) atoms. The van der Waals surface area contributed by atoms with Crippen molar-refractivity contribution in [3.8, 4) is 0 Å². The van der Waals surface area contributed by atoms with Crippen LogP contribution in [0.2, 0.25) is 0 Å². The molecule has 0 unspecified atom stereocenters. The number of hydrogen-bond acceptors (Lipinski definition) is 1. The van der Waals surface area contributed by atoms with E-state index in [1.54, 1.807) is 0 Å². The Morgan fingerprint density at radius 2 is 1.20 bits per heavy atom. The van der Waals surface area contributed by atoms with Crippen LogP contribution in [0.15, 0.2) is 12.1 Å². The molecule has 0 amide bonds. The first-order valence-electron chi connectivity index (χ1n) is 4.27. The monoisotopic (exact) mass is 299 g/mol. The molecule has 0 bridgehead atoms. The van der Waals surface area contributed by atoms with Gasteiger partial charge < -0.3 is 4.90 Å². The first kappa shape index (κ1) is 20.6. The summed E-state index contributed by atoms with van der Waals surface area (Å²) in [5.74, 6) is 0. The van der Waals surface area contributed by atoms with E-state index in [4.69, 9.17) is 0 Å². The molecule has 4 heteroatoms. The van der Waals surface area contributed by atoms with E-state index in [1.807, 2.05) is 0 Å². The molecule has 0 saturated heterocycles. The van der Waals surface area contributed by atoms with Crippen LogP contribution >= 0.6 is 24.8 Å². The van der Waals surface area contributed by atoms with Crippen LogP contribution in [-0.2, 0) is 19.5 Å². The maximum atomic E-state index is 2.22. The van der Waals surface area contributed by atoms with Crippen molar-refractivity contribution in [1.82, 2.24) is 0 Å². The minimum Gasteiger partial charge on any atom is -0.377 e. The first-order chi connectivity index (χ1) is 5.52. The van der Waals surface area contributed by atoms with Crippen LogP contribution in [0, 0.1) is 20.8 Å². The molecule has 0 aliphatic carbocycles. The summed E-state index contributed by atoms with van der Waals surface area (Å²) in [6.07, 6.45) is 0. The second kappa shape index (κ2) is 8.38. The van der Waals surface area contributed by atoms with Crippen molar-refractivity contribution in [2.75, 3.05) is 19.0 Å². The van der Waals surface area contributed by atoms with Gasteiger partial charge in [0.05, 0.1) is 0 Å². The Kier molecular flexibility index (Phi) is 11.5. The van der Waals surface area contributed by atoms with E-state index in [1.165, 1.54) is 22.4 Å². The number of rotatable bonds is 1. The summed E-state index contributed by atoms with van der Waals surface area (Å²) in [6, 6.07) is 4.45. The topological polar surface area (TPSA) is 3.24 Å². The van der Waals surface area contributed by atoms with Crippen molar-refractivity contribution in [3.63, 3.8) is 0 Å². The summed E-state index contributed by atoms with van der Waals surface area (Å²) >= 11 is 0. The maximum Gasteiger partial charge on any atom is 0.0420 e. The molecule has 1 aromatic rings. The van der Waals surface area contributed by atoms with Crippen molar-refractivity contribution < 1.29 is 19.5 Å². The number of nitrogens with zero attached hydrogens (tertiary/aromatic N) is 1. The summed E-state index contributed by atoms with van der Waals surface area (Å²) < 4.78 is 0. The molecule has 0 saturated carbocycles. The molecule has 0 aromatic heterocycles. The third kappa shape index (κ3) is 5.20. The molecule has 0 fully saturated rings. The van der Waals surface area contributed by atoms with Crippen molar-refractivity contribution >= 4 is 30.5 Å². The van der Waals surface area contributed by atoms with Crippen LogP contribution in [0.5, 0.6) is 0 Å². The van der Waals surface area contributed by atoms with Gasteiger partial charge in [0.25, 0.3) is 0 Å². The Balaban J connectivity index is -0.000000480. The Hall–Kier alpha value is 0.223. The van der Waals surface area contributed by atoms with Crippen LogP contribution in [0.3, 0.4) is 0 Å². The molecule has 84 valence electrons. The minimum absolute atomic E-state index is 0. The molecule has 1 nitrogen and oxygen atoms in total. The molecular weight excluding hydrogens is 282 g/mol. The minimum atomic E-state index is 0. The fraction of sp³-hybridized carbons (Fsp3) is 0.455. The molecule has 0 aliphatic rings. The molecule has 0 aliphatic heterocycles. The van der Waals surface area contributed by atoms with Crippen LogP contribution < -0.4 is 4.90 Å². The van der Waals surface area contributed by atoms with Gasteiger partial charge in [-0.05, 0) is 31.9 Å². The van der Waals surface area contributed by atoms with E-state index in [-0.39, 0.29) is 44.3 Å². The van der Waals surface area contributed by atoms with E-state index in [0.717, 1.165) is 0 Å². The smallest absolute Gasteiger partial charge is 0.0420 e. The predicted octanol–water partition coefficient (Wildman–Crippen LogP) is 3.52. The van der Waals surface area contributed by atoms with Crippen LogP contribution in [0.4, 0.5) is 5.69 Å². The summed E-state index contributed by atoms with van der Waals surface area (Å²) in [7, 11) is 4.18. The molecular formula is C11H19Cl2NZn. The van der Waals surface area contributed by atoms with Gasteiger partial charge >= 0.3 is 0 Å². The van der Waals surface area contributed by atoms with Crippen LogP contribution in [-0.4, -0.2) is 14.1 Å². The van der Waals surface area contributed by atoms with Gasteiger partial charge in [0.15, 0.2) is 0 Å². The Morgan fingerprint density at radius 1 is 0.867 bits per heavy atom. The van der Waals surface area contributed by atoms with E-state index >= 15 is 0 Å². The van der Waals surface area contributed by atoms with Gasteiger partial charge in [0.2, 0.25) is 0 Å². The Morgan fingerprint density at radius 3 is 1.47 bits per heavy atom. The molecule has 0 N–H and O–H groups in total. The van der Waals surface area contributed by atoms with E-state index < -0.39 is 0 Å². The molecule has 0 radical (unpaired) electrons. The van der Waals surface area contributed by atoms with Gasteiger partial charge in [-0.25, -0.2) is 0 Å². The molecule has 0 atom stereocenters. The largest absolute Gasteiger partial charge is 0.377 e. The van der Waals surface area contributed by atoms with Gasteiger partial charge in [0.1, 0.15) is 0 Å². The third-order valence-electron chi connectivity index (χ3n) is 2.08. The zero-order valence-corrected chi connectivity index (χ0v) is 14.7. The standard InChI is InChI=1S/C11H17N.2ClH.Zn/c1-8-6-9(2)11(12(4)5)10(3)7-8;;;/h6-7H,1-5H3;2*1H;. The number of anilines is 1. The van der Waals surface area contributed by atoms with E-state index in [0.29, 0.717) is 0 Å². The average molecular weight is 302 g/mol. The van der Waals surface area contributed by atoms with Gasteiger partial charge in [-0.15, -0.1) is 24.8 Å². The van der Waals surface area contributed by atoms with Crippen molar-refractivity contribution in [2.24, 2.45) is 0 Å². The normalized spacial score (nSPS) is 8.07. The zero-order chi connectivity index (χ0) is 9.30. The fourth-order valence-corrected chi connectivity index (χ4v) is 1.88. The SMILES string of the molecule is Cc1cc(C)c(N(C)C)c(C)c1.Cl.Cl.[Zn]. The maximum absolute atomic E-state index is 2.22. The summed E-state index contributed by atoms with van der Waals surface area (Å²) in [5, 5.41) is 0. The number of aryl methyl sites for hydroxylation is 3. The number of benzene rings is 1. The summed E-state index contributed by atoms with van der Waals surface area (Å²) in [6.45, 7) is 6.46. The van der Waals surface area contributed by atoms with Gasteiger partial charge in [-0.2, -0.15) is 0 Å². The Bertz CT molecular complexity index is 278. The fourth-order valence-electron chi connectivity index (χ4n) is 1.88. The van der Waals surface area contributed by atoms with Gasteiger partial charge in [0, 0.05) is 39.3 Å². The van der Waals surface area contributed by atoms with Crippen molar-refractivity contribution in [3.05, 3.63) is 28.8 Å². The zero-order valence-electron chi connectivity index (χ0n) is 10.1. The summed E-state index contributed by atoms with van der Waals surface area (Å²) in [5.41, 5.74) is 5.41. The van der Waals surface area contributed by atoms with Crippen molar-refractivity contribution in [2.45, 2.75) is 20.8 Å². The van der Waals surface area contributed by atoms with E-state index in [9.17, 15) is 0 Å². The molecule has 1 rings (SSSR count). The van der Waals surface area contributed by atoms with Gasteiger partial charge in [-0.3, -0.25) is 0 Å². The van der Waals surface area contributed by atoms with Crippen LogP contribution in [0.1, 0.15) is 16.7 Å². The molecule has 0 heterocycles. The number of hydrogen-bond donors (Lipinski definition) is 0. The Labute approximate surface area is 118 Å². The second-order valence-electron chi connectivity index (χ2n) is 3.64. The summed E-state index contributed by atoms with van der Waals surface area (Å²) in [4.78, 5) is 2.17. The second-order valence-corrected chi connectivity index (χ2v) is 3.64. The average Bonchev–Trinajstić information content (AvgIpc) is 1.82. The molecule has 0 spiro atoms.